The lowest BCUT2D eigenvalue weighted by Crippen LogP contribution is -2.32. The number of rotatable bonds is 5. The zero-order chi connectivity index (χ0) is 18.7. The van der Waals surface area contributed by atoms with Crippen molar-refractivity contribution in [3.05, 3.63) is 45.9 Å². The van der Waals surface area contributed by atoms with Crippen LogP contribution < -0.4 is 24.3 Å². The fraction of sp³-hybridized carbons (Fsp3) is 0.316. The summed E-state index contributed by atoms with van der Waals surface area (Å²) < 4.78 is 22.5. The topological polar surface area (TPSA) is 66.0 Å². The van der Waals surface area contributed by atoms with Gasteiger partial charge in [0.15, 0.2) is 11.5 Å². The molecule has 2 aromatic carbocycles. The van der Waals surface area contributed by atoms with Crippen molar-refractivity contribution in [2.45, 2.75) is 12.5 Å². The Hall–Kier alpha value is -2.41. The number of ether oxygens (including phenoxy) is 4. The van der Waals surface area contributed by atoms with Crippen molar-refractivity contribution in [2.75, 3.05) is 27.9 Å². The number of nitrogens with one attached hydrogen (secondary N) is 1. The molecule has 6 nitrogen and oxygen atoms in total. The molecule has 0 spiro atoms. The van der Waals surface area contributed by atoms with Crippen molar-refractivity contribution in [1.29, 1.82) is 0 Å². The molecule has 0 aliphatic carbocycles. The van der Waals surface area contributed by atoms with Crippen LogP contribution in [-0.2, 0) is 0 Å². The van der Waals surface area contributed by atoms with E-state index in [1.807, 2.05) is 18.2 Å². The van der Waals surface area contributed by atoms with E-state index < -0.39 is 0 Å². The first-order valence-electron chi connectivity index (χ1n) is 8.10. The van der Waals surface area contributed by atoms with Crippen LogP contribution in [0.25, 0.3) is 0 Å². The molecule has 7 heteroatoms. The number of amides is 1. The number of methoxy groups -OCH3 is 3. The summed E-state index contributed by atoms with van der Waals surface area (Å²) in [7, 11) is 4.56. The first-order valence-corrected chi connectivity index (χ1v) is 8.89. The highest BCUT2D eigenvalue weighted by molar-refractivity contribution is 9.10. The van der Waals surface area contributed by atoms with Crippen molar-refractivity contribution in [2.24, 2.45) is 0 Å². The van der Waals surface area contributed by atoms with Gasteiger partial charge in [-0.05, 0) is 30.3 Å². The van der Waals surface area contributed by atoms with E-state index in [2.05, 4.69) is 21.2 Å². The van der Waals surface area contributed by atoms with Crippen LogP contribution in [0.5, 0.6) is 23.0 Å². The highest BCUT2D eigenvalue weighted by Crippen LogP contribution is 2.39. The van der Waals surface area contributed by atoms with E-state index >= 15 is 0 Å². The Kier molecular flexibility index (Phi) is 5.56. The van der Waals surface area contributed by atoms with Crippen LogP contribution in [0.1, 0.15) is 28.4 Å². The Morgan fingerprint density at radius 2 is 1.81 bits per heavy atom. The minimum Gasteiger partial charge on any atom is -0.493 e. The lowest BCUT2D eigenvalue weighted by atomic mass is 10.00. The standard InChI is InChI=1S/C19H20BrNO5/c1-23-16-8-11(9-17(24-2)18(16)25-3)19(22)21-14-6-7-26-15-5-4-12(20)10-13(14)15/h4-5,8-10,14H,6-7H2,1-3H3,(H,21,22). The quantitative estimate of drug-likeness (QED) is 0.796. The van der Waals surface area contributed by atoms with Crippen molar-refractivity contribution in [1.82, 2.24) is 5.32 Å². The van der Waals surface area contributed by atoms with E-state index in [9.17, 15) is 4.79 Å². The molecule has 1 N–H and O–H groups in total. The van der Waals surface area contributed by atoms with Crippen LogP contribution in [0.2, 0.25) is 0 Å². The van der Waals surface area contributed by atoms with Crippen LogP contribution in [-0.4, -0.2) is 33.8 Å². The molecular formula is C19H20BrNO5. The molecule has 1 amide bonds. The molecule has 2 aromatic rings. The first kappa shape index (κ1) is 18.4. The minimum atomic E-state index is -0.220. The Labute approximate surface area is 160 Å². The van der Waals surface area contributed by atoms with Crippen molar-refractivity contribution >= 4 is 21.8 Å². The number of hydrogen-bond donors (Lipinski definition) is 1. The lowest BCUT2D eigenvalue weighted by molar-refractivity contribution is 0.0924. The molecule has 3 rings (SSSR count). The molecule has 26 heavy (non-hydrogen) atoms. The monoisotopic (exact) mass is 421 g/mol. The third-order valence-corrected chi connectivity index (χ3v) is 4.74. The maximum atomic E-state index is 12.8. The van der Waals surface area contributed by atoms with Gasteiger partial charge in [-0.2, -0.15) is 0 Å². The fourth-order valence-electron chi connectivity index (χ4n) is 2.97. The van der Waals surface area contributed by atoms with Crippen molar-refractivity contribution in [3.63, 3.8) is 0 Å². The smallest absolute Gasteiger partial charge is 0.252 e. The van der Waals surface area contributed by atoms with Crippen molar-refractivity contribution < 1.29 is 23.7 Å². The zero-order valence-corrected chi connectivity index (χ0v) is 16.4. The van der Waals surface area contributed by atoms with E-state index in [1.54, 1.807) is 12.1 Å². The van der Waals surface area contributed by atoms with Gasteiger partial charge in [-0.25, -0.2) is 0 Å². The Morgan fingerprint density at radius 3 is 2.42 bits per heavy atom. The van der Waals surface area contributed by atoms with E-state index in [0.717, 1.165) is 15.8 Å². The van der Waals surface area contributed by atoms with Gasteiger partial charge in [0.05, 0.1) is 34.0 Å². The van der Waals surface area contributed by atoms with Gasteiger partial charge >= 0.3 is 0 Å². The van der Waals surface area contributed by atoms with Gasteiger partial charge in [0.1, 0.15) is 5.75 Å². The predicted molar refractivity (Wildman–Crippen MR) is 101 cm³/mol. The summed E-state index contributed by atoms with van der Waals surface area (Å²) in [6.45, 7) is 0.550. The number of carbonyl (C=O) groups excluding carboxylic acids is 1. The Bertz CT molecular complexity index is 799. The molecule has 0 saturated heterocycles. The molecule has 1 atom stereocenters. The van der Waals surface area contributed by atoms with Gasteiger partial charge in [0, 0.05) is 22.0 Å². The van der Waals surface area contributed by atoms with Gasteiger partial charge in [0.2, 0.25) is 5.75 Å². The number of hydrogen-bond acceptors (Lipinski definition) is 5. The average Bonchev–Trinajstić information content (AvgIpc) is 2.67. The second kappa shape index (κ2) is 7.86. The summed E-state index contributed by atoms with van der Waals surface area (Å²) in [5.41, 5.74) is 1.38. The average molecular weight is 422 g/mol. The lowest BCUT2D eigenvalue weighted by Gasteiger charge is -2.27. The highest BCUT2D eigenvalue weighted by atomic mass is 79.9. The van der Waals surface area contributed by atoms with Gasteiger partial charge in [-0.1, -0.05) is 15.9 Å². The van der Waals surface area contributed by atoms with E-state index in [1.165, 1.54) is 21.3 Å². The molecule has 0 aromatic heterocycles. The zero-order valence-electron chi connectivity index (χ0n) is 14.8. The summed E-state index contributed by atoms with van der Waals surface area (Å²) in [5, 5.41) is 3.07. The van der Waals surface area contributed by atoms with Gasteiger partial charge in [-0.15, -0.1) is 0 Å². The predicted octanol–water partition coefficient (Wildman–Crippen LogP) is 3.73. The maximum absolute atomic E-state index is 12.8. The van der Waals surface area contributed by atoms with Crippen LogP contribution >= 0.6 is 15.9 Å². The second-order valence-corrected chi connectivity index (χ2v) is 6.68. The van der Waals surface area contributed by atoms with Crippen molar-refractivity contribution in [3.8, 4) is 23.0 Å². The van der Waals surface area contributed by atoms with Gasteiger partial charge < -0.3 is 24.3 Å². The SMILES string of the molecule is COc1cc(C(=O)NC2CCOc3ccc(Br)cc32)cc(OC)c1OC. The van der Waals surface area contributed by atoms with Crippen LogP contribution in [0.4, 0.5) is 0 Å². The van der Waals surface area contributed by atoms with Crippen LogP contribution in [0.15, 0.2) is 34.8 Å². The molecular weight excluding hydrogens is 402 g/mol. The van der Waals surface area contributed by atoms with Crippen LogP contribution in [0.3, 0.4) is 0 Å². The summed E-state index contributed by atoms with van der Waals surface area (Å²) in [6, 6.07) is 8.92. The highest BCUT2D eigenvalue weighted by Gasteiger charge is 2.25. The third kappa shape index (κ3) is 3.58. The molecule has 0 bridgehead atoms. The number of benzene rings is 2. The normalized spacial score (nSPS) is 15.5. The summed E-state index contributed by atoms with van der Waals surface area (Å²) >= 11 is 3.47. The molecule has 138 valence electrons. The largest absolute Gasteiger partial charge is 0.493 e. The van der Waals surface area contributed by atoms with Gasteiger partial charge in [0.25, 0.3) is 5.91 Å². The molecule has 1 unspecified atom stereocenters. The Morgan fingerprint density at radius 1 is 1.12 bits per heavy atom. The van der Waals surface area contributed by atoms with E-state index in [0.29, 0.717) is 35.8 Å². The summed E-state index contributed by atoms with van der Waals surface area (Å²) in [5.74, 6) is 1.89. The second-order valence-electron chi connectivity index (χ2n) is 5.76. The molecule has 0 radical (unpaired) electrons. The molecule has 1 heterocycles. The molecule has 0 fully saturated rings. The fourth-order valence-corrected chi connectivity index (χ4v) is 3.35. The summed E-state index contributed by atoms with van der Waals surface area (Å²) in [4.78, 5) is 12.8. The number of fused-ring (bicyclic) bond motifs is 1. The van der Waals surface area contributed by atoms with E-state index in [-0.39, 0.29) is 11.9 Å². The third-order valence-electron chi connectivity index (χ3n) is 4.24. The molecule has 1 aliphatic rings. The number of carbonyl (C=O) groups is 1. The molecule has 1 aliphatic heterocycles. The number of halogens is 1. The van der Waals surface area contributed by atoms with E-state index in [4.69, 9.17) is 18.9 Å². The Balaban J connectivity index is 1.89. The summed E-state index contributed by atoms with van der Waals surface area (Å²) in [6.07, 6.45) is 0.694. The van der Waals surface area contributed by atoms with Gasteiger partial charge in [-0.3, -0.25) is 4.79 Å². The van der Waals surface area contributed by atoms with Crippen LogP contribution in [0, 0.1) is 0 Å². The minimum absolute atomic E-state index is 0.136. The molecule has 0 saturated carbocycles. The first-order chi connectivity index (χ1) is 12.6. The maximum Gasteiger partial charge on any atom is 0.252 e.